The molecule has 0 amide bonds. The first-order valence-corrected chi connectivity index (χ1v) is 6.59. The van der Waals surface area contributed by atoms with Crippen LogP contribution < -0.4 is 5.32 Å². The highest BCUT2D eigenvalue weighted by molar-refractivity contribution is 7.89. The Balaban J connectivity index is 0.00000256. The van der Waals surface area contributed by atoms with Crippen molar-refractivity contribution in [3.05, 3.63) is 12.5 Å². The number of likely N-dealkylation sites (N-methyl/N-ethyl adjacent to an activating group) is 2. The summed E-state index contributed by atoms with van der Waals surface area (Å²) in [6.07, 6.45) is 3.07. The average Bonchev–Trinajstić information content (AvgIpc) is 2.74. The molecule has 0 unspecified atom stereocenters. The third-order valence-electron chi connectivity index (χ3n) is 2.33. The van der Waals surface area contributed by atoms with Crippen LogP contribution in [0.2, 0.25) is 0 Å². The molecule has 1 aromatic heterocycles. The van der Waals surface area contributed by atoms with Gasteiger partial charge in [0, 0.05) is 32.9 Å². The molecule has 100 valence electrons. The average molecular weight is 283 g/mol. The molecule has 0 radical (unpaired) electrons. The number of hydrogen-bond acceptors (Lipinski definition) is 4. The monoisotopic (exact) mass is 282 g/mol. The zero-order chi connectivity index (χ0) is 12.2. The summed E-state index contributed by atoms with van der Waals surface area (Å²) in [4.78, 5) is 3.90. The second-order valence-corrected chi connectivity index (χ2v) is 5.46. The number of sulfonamides is 1. The Hall–Kier alpha value is -0.630. The molecule has 0 aliphatic heterocycles. The molecule has 0 fully saturated rings. The Bertz CT molecular complexity index is 432. The Labute approximate surface area is 108 Å². The molecular formula is C9H19ClN4O2S. The van der Waals surface area contributed by atoms with Gasteiger partial charge in [-0.15, -0.1) is 12.4 Å². The molecule has 0 bridgehead atoms. The van der Waals surface area contributed by atoms with E-state index in [9.17, 15) is 8.42 Å². The topological polar surface area (TPSA) is 67.2 Å². The highest BCUT2D eigenvalue weighted by atomic mass is 35.5. The standard InChI is InChI=1S/C9H18N4O2S.ClH/c1-4-13-7-9(11-8-13)16(14,15)12(3)6-5-10-2;/h7-8,10H,4-6H2,1-3H3;1H. The SMILES string of the molecule is CCn1cnc(S(=O)(=O)N(C)CCNC)c1.Cl. The summed E-state index contributed by atoms with van der Waals surface area (Å²) in [5.41, 5.74) is 0. The molecule has 1 N–H and O–H groups in total. The number of aromatic nitrogens is 2. The summed E-state index contributed by atoms with van der Waals surface area (Å²) in [6.45, 7) is 3.69. The van der Waals surface area contributed by atoms with Crippen molar-refractivity contribution in [3.8, 4) is 0 Å². The molecule has 1 heterocycles. The van der Waals surface area contributed by atoms with Crippen LogP contribution in [0.25, 0.3) is 0 Å². The van der Waals surface area contributed by atoms with Gasteiger partial charge < -0.3 is 9.88 Å². The van der Waals surface area contributed by atoms with E-state index in [2.05, 4.69) is 10.3 Å². The van der Waals surface area contributed by atoms with Crippen molar-refractivity contribution in [3.63, 3.8) is 0 Å². The molecule has 0 saturated carbocycles. The molecule has 1 rings (SSSR count). The van der Waals surface area contributed by atoms with E-state index >= 15 is 0 Å². The molecule has 0 aromatic carbocycles. The smallest absolute Gasteiger partial charge is 0.261 e. The maximum atomic E-state index is 12.0. The molecule has 0 aliphatic carbocycles. The first-order valence-electron chi connectivity index (χ1n) is 5.15. The summed E-state index contributed by atoms with van der Waals surface area (Å²) in [5, 5.41) is 3.01. The van der Waals surface area contributed by atoms with Crippen LogP contribution in [0.5, 0.6) is 0 Å². The summed E-state index contributed by atoms with van der Waals surface area (Å²) in [5.74, 6) is 0. The number of nitrogens with zero attached hydrogens (tertiary/aromatic N) is 3. The van der Waals surface area contributed by atoms with Gasteiger partial charge in [-0.05, 0) is 14.0 Å². The fourth-order valence-corrected chi connectivity index (χ4v) is 2.29. The predicted octanol–water partition coefficient (Wildman–Crippen LogP) is 0.165. The molecule has 0 spiro atoms. The van der Waals surface area contributed by atoms with Crippen molar-refractivity contribution in [1.29, 1.82) is 0 Å². The molecule has 8 heteroatoms. The first-order chi connectivity index (χ1) is 7.52. The molecular weight excluding hydrogens is 264 g/mol. The number of nitrogens with one attached hydrogen (secondary N) is 1. The van der Waals surface area contributed by atoms with Gasteiger partial charge in [0.25, 0.3) is 10.0 Å². The van der Waals surface area contributed by atoms with Crippen LogP contribution in [0.3, 0.4) is 0 Å². The minimum atomic E-state index is -3.44. The largest absolute Gasteiger partial charge is 0.336 e. The normalized spacial score (nSPS) is 11.5. The van der Waals surface area contributed by atoms with Gasteiger partial charge in [-0.2, -0.15) is 4.31 Å². The number of aryl methyl sites for hydroxylation is 1. The van der Waals surface area contributed by atoms with Crippen molar-refractivity contribution >= 4 is 22.4 Å². The van der Waals surface area contributed by atoms with Crippen LogP contribution in [0.4, 0.5) is 0 Å². The van der Waals surface area contributed by atoms with E-state index in [1.807, 2.05) is 6.92 Å². The summed E-state index contributed by atoms with van der Waals surface area (Å²) >= 11 is 0. The molecule has 1 aromatic rings. The van der Waals surface area contributed by atoms with Crippen molar-refractivity contribution in [2.24, 2.45) is 0 Å². The van der Waals surface area contributed by atoms with Gasteiger partial charge in [0.05, 0.1) is 6.33 Å². The van der Waals surface area contributed by atoms with E-state index in [-0.39, 0.29) is 17.4 Å². The van der Waals surface area contributed by atoms with E-state index < -0.39 is 10.0 Å². The fraction of sp³-hybridized carbons (Fsp3) is 0.667. The molecule has 0 aliphatic rings. The van der Waals surface area contributed by atoms with Crippen LogP contribution in [0.15, 0.2) is 17.6 Å². The molecule has 17 heavy (non-hydrogen) atoms. The lowest BCUT2D eigenvalue weighted by Gasteiger charge is -2.14. The third kappa shape index (κ3) is 3.95. The van der Waals surface area contributed by atoms with Gasteiger partial charge in [-0.1, -0.05) is 0 Å². The lowest BCUT2D eigenvalue weighted by atomic mass is 10.6. The first kappa shape index (κ1) is 16.4. The maximum absolute atomic E-state index is 12.0. The van der Waals surface area contributed by atoms with Crippen LogP contribution >= 0.6 is 12.4 Å². The Morgan fingerprint density at radius 1 is 1.53 bits per heavy atom. The molecule has 0 saturated heterocycles. The van der Waals surface area contributed by atoms with E-state index in [4.69, 9.17) is 0 Å². The van der Waals surface area contributed by atoms with Gasteiger partial charge in [0.15, 0.2) is 5.03 Å². The second-order valence-electron chi connectivity index (χ2n) is 3.47. The Morgan fingerprint density at radius 2 is 2.18 bits per heavy atom. The van der Waals surface area contributed by atoms with Crippen molar-refractivity contribution in [2.45, 2.75) is 18.5 Å². The van der Waals surface area contributed by atoms with Crippen LogP contribution in [-0.4, -0.2) is 49.5 Å². The van der Waals surface area contributed by atoms with Crippen LogP contribution in [-0.2, 0) is 16.6 Å². The number of imidazole rings is 1. The zero-order valence-electron chi connectivity index (χ0n) is 10.3. The summed E-state index contributed by atoms with van der Waals surface area (Å²) in [7, 11) is -0.102. The van der Waals surface area contributed by atoms with E-state index in [0.29, 0.717) is 19.6 Å². The summed E-state index contributed by atoms with van der Waals surface area (Å²) in [6, 6.07) is 0. The quantitative estimate of drug-likeness (QED) is 0.807. The van der Waals surface area contributed by atoms with E-state index in [1.54, 1.807) is 24.9 Å². The van der Waals surface area contributed by atoms with Gasteiger partial charge in [-0.25, -0.2) is 13.4 Å². The number of halogens is 1. The fourth-order valence-electron chi connectivity index (χ4n) is 1.19. The van der Waals surface area contributed by atoms with Gasteiger partial charge >= 0.3 is 0 Å². The molecule has 0 atom stereocenters. The van der Waals surface area contributed by atoms with E-state index in [0.717, 1.165) is 0 Å². The van der Waals surface area contributed by atoms with Gasteiger partial charge in [0.1, 0.15) is 0 Å². The predicted molar refractivity (Wildman–Crippen MR) is 68.9 cm³/mol. The number of hydrogen-bond donors (Lipinski definition) is 1. The van der Waals surface area contributed by atoms with Crippen LogP contribution in [0, 0.1) is 0 Å². The Kier molecular flexibility index (Phi) is 6.69. The number of rotatable bonds is 6. The highest BCUT2D eigenvalue weighted by Gasteiger charge is 2.22. The van der Waals surface area contributed by atoms with Gasteiger partial charge in [0.2, 0.25) is 0 Å². The van der Waals surface area contributed by atoms with Crippen LogP contribution in [0.1, 0.15) is 6.92 Å². The summed E-state index contributed by atoms with van der Waals surface area (Å²) < 4.78 is 27.0. The highest BCUT2D eigenvalue weighted by Crippen LogP contribution is 2.10. The molecule has 6 nitrogen and oxygen atoms in total. The Morgan fingerprint density at radius 3 is 2.65 bits per heavy atom. The van der Waals surface area contributed by atoms with E-state index in [1.165, 1.54) is 10.6 Å². The van der Waals surface area contributed by atoms with Crippen molar-refractivity contribution in [2.75, 3.05) is 27.2 Å². The minimum Gasteiger partial charge on any atom is -0.336 e. The third-order valence-corrected chi connectivity index (χ3v) is 4.07. The maximum Gasteiger partial charge on any atom is 0.261 e. The zero-order valence-corrected chi connectivity index (χ0v) is 11.9. The lowest BCUT2D eigenvalue weighted by Crippen LogP contribution is -2.33. The lowest BCUT2D eigenvalue weighted by molar-refractivity contribution is 0.463. The van der Waals surface area contributed by atoms with Crippen molar-refractivity contribution in [1.82, 2.24) is 19.2 Å². The second kappa shape index (κ2) is 6.95. The minimum absolute atomic E-state index is 0. The van der Waals surface area contributed by atoms with Crippen molar-refractivity contribution < 1.29 is 8.42 Å². The van der Waals surface area contributed by atoms with Gasteiger partial charge in [-0.3, -0.25) is 0 Å².